The molecular formula is C30H57N3. The Morgan fingerprint density at radius 2 is 0.576 bits per heavy atom. The Bertz CT molecular complexity index is 534. The Hall–Kier alpha value is -0.900. The highest BCUT2D eigenvalue weighted by molar-refractivity contribution is 5.31. The highest BCUT2D eigenvalue weighted by Crippen LogP contribution is 2.17. The van der Waals surface area contributed by atoms with Crippen molar-refractivity contribution in [1.29, 1.82) is 0 Å². The van der Waals surface area contributed by atoms with E-state index >= 15 is 0 Å². The van der Waals surface area contributed by atoms with E-state index in [1.165, 1.54) is 16.7 Å². The van der Waals surface area contributed by atoms with E-state index in [2.05, 4.69) is 116 Å². The topological polar surface area (TPSA) is 9.72 Å². The Morgan fingerprint density at radius 3 is 0.727 bits per heavy atom. The maximum absolute atomic E-state index is 2.62. The van der Waals surface area contributed by atoms with Gasteiger partial charge in [0, 0.05) is 55.9 Å². The largest absolute Gasteiger partial charge is 0.298 e. The fraction of sp³-hybridized carbons (Fsp3) is 0.800. The fourth-order valence-electron chi connectivity index (χ4n) is 5.39. The Kier molecular flexibility index (Phi) is 13.2. The normalized spacial score (nSPS) is 13.0. The van der Waals surface area contributed by atoms with Crippen molar-refractivity contribution in [3.63, 3.8) is 0 Å². The van der Waals surface area contributed by atoms with Crippen LogP contribution >= 0.6 is 0 Å². The van der Waals surface area contributed by atoms with Crippen LogP contribution in [0.5, 0.6) is 0 Å². The van der Waals surface area contributed by atoms with Crippen LogP contribution in [-0.4, -0.2) is 70.6 Å². The van der Waals surface area contributed by atoms with Gasteiger partial charge in [-0.25, -0.2) is 0 Å². The van der Waals surface area contributed by atoms with Gasteiger partial charge in [-0.05, 0) is 119 Å². The average Bonchev–Trinajstić information content (AvgIpc) is 2.66. The van der Waals surface area contributed by atoms with E-state index in [1.54, 1.807) is 0 Å². The summed E-state index contributed by atoms with van der Waals surface area (Å²) in [6, 6.07) is 11.0. The molecule has 0 saturated carbocycles. The van der Waals surface area contributed by atoms with Crippen LogP contribution in [0.1, 0.15) is 99.8 Å². The summed E-state index contributed by atoms with van der Waals surface area (Å²) in [6.45, 7) is 31.2. The van der Waals surface area contributed by atoms with E-state index in [0.29, 0.717) is 36.3 Å². The third-order valence-corrected chi connectivity index (χ3v) is 7.07. The average molecular weight is 460 g/mol. The summed E-state index contributed by atoms with van der Waals surface area (Å²) in [6.07, 6.45) is 3.40. The molecular weight excluding hydrogens is 402 g/mol. The van der Waals surface area contributed by atoms with Crippen LogP contribution in [0.15, 0.2) is 18.2 Å². The van der Waals surface area contributed by atoms with Gasteiger partial charge in [0.25, 0.3) is 0 Å². The molecule has 0 bridgehead atoms. The Morgan fingerprint density at radius 1 is 0.394 bits per heavy atom. The predicted molar refractivity (Wildman–Crippen MR) is 148 cm³/mol. The molecule has 1 rings (SSSR count). The lowest BCUT2D eigenvalue weighted by molar-refractivity contribution is 0.176. The van der Waals surface area contributed by atoms with Crippen LogP contribution in [0, 0.1) is 0 Å². The van der Waals surface area contributed by atoms with Gasteiger partial charge in [-0.15, -0.1) is 0 Å². The first kappa shape index (κ1) is 30.1. The number of nitrogens with zero attached hydrogens (tertiary/aromatic N) is 3. The molecule has 0 amide bonds. The predicted octanol–water partition coefficient (Wildman–Crippen LogP) is 6.67. The van der Waals surface area contributed by atoms with Gasteiger partial charge in [-0.2, -0.15) is 0 Å². The molecule has 0 aliphatic rings. The first-order valence-corrected chi connectivity index (χ1v) is 13.7. The number of benzene rings is 1. The molecule has 0 aromatic heterocycles. The van der Waals surface area contributed by atoms with Gasteiger partial charge in [0.05, 0.1) is 0 Å². The highest BCUT2D eigenvalue weighted by Gasteiger charge is 2.17. The van der Waals surface area contributed by atoms with Crippen molar-refractivity contribution in [1.82, 2.24) is 14.7 Å². The lowest BCUT2D eigenvalue weighted by Crippen LogP contribution is -2.39. The van der Waals surface area contributed by atoms with Gasteiger partial charge in [0.2, 0.25) is 0 Å². The summed E-state index contributed by atoms with van der Waals surface area (Å²) in [7, 11) is 0. The maximum Gasteiger partial charge on any atom is 0.00414 e. The van der Waals surface area contributed by atoms with Crippen LogP contribution in [0.4, 0.5) is 0 Å². The van der Waals surface area contributed by atoms with Gasteiger partial charge in [-0.3, -0.25) is 14.7 Å². The molecule has 0 N–H and O–H groups in total. The quantitative estimate of drug-likeness (QED) is 0.290. The molecule has 192 valence electrons. The van der Waals surface area contributed by atoms with Gasteiger partial charge >= 0.3 is 0 Å². The molecule has 0 aliphatic carbocycles. The van der Waals surface area contributed by atoms with Crippen LogP contribution in [0.2, 0.25) is 0 Å². The first-order valence-electron chi connectivity index (χ1n) is 13.7. The van der Waals surface area contributed by atoms with Crippen molar-refractivity contribution in [2.75, 3.05) is 19.6 Å². The molecule has 0 atom stereocenters. The van der Waals surface area contributed by atoms with E-state index in [9.17, 15) is 0 Å². The molecule has 1 aromatic rings. The van der Waals surface area contributed by atoms with E-state index in [0.717, 1.165) is 38.9 Å². The van der Waals surface area contributed by atoms with Crippen molar-refractivity contribution in [2.24, 2.45) is 0 Å². The van der Waals surface area contributed by atoms with Crippen molar-refractivity contribution >= 4 is 0 Å². The SMILES string of the molecule is CC(C)N(CCc1cc(CCN(C(C)C)C(C)C)cc(CCN(C(C)C)C(C)C)c1)C(C)C. The minimum atomic E-state index is 0.587. The molecule has 0 heterocycles. The number of hydrogen-bond donors (Lipinski definition) is 0. The van der Waals surface area contributed by atoms with E-state index in [-0.39, 0.29) is 0 Å². The second-order valence-electron chi connectivity index (χ2n) is 11.7. The lowest BCUT2D eigenvalue weighted by atomic mass is 9.98. The summed E-state index contributed by atoms with van der Waals surface area (Å²) in [5.74, 6) is 0. The Balaban J connectivity index is 3.08. The summed E-state index contributed by atoms with van der Waals surface area (Å²) < 4.78 is 0. The minimum Gasteiger partial charge on any atom is -0.298 e. The van der Waals surface area contributed by atoms with Gasteiger partial charge in [0.15, 0.2) is 0 Å². The maximum atomic E-state index is 2.62. The first-order chi connectivity index (χ1) is 15.3. The summed E-state index contributed by atoms with van der Waals surface area (Å²) >= 11 is 0. The van der Waals surface area contributed by atoms with Gasteiger partial charge in [0.1, 0.15) is 0 Å². The molecule has 3 heteroatoms. The standard InChI is InChI=1S/C30H57N3/c1-22(2)31(23(3)4)16-13-28-19-29(14-17-32(24(5)6)25(7)8)21-30(20-28)15-18-33(26(9)10)27(11)12/h19-27H,13-18H2,1-12H3. The van der Waals surface area contributed by atoms with Crippen molar-refractivity contribution < 1.29 is 0 Å². The molecule has 0 spiro atoms. The molecule has 0 fully saturated rings. The smallest absolute Gasteiger partial charge is 0.00414 e. The number of rotatable bonds is 15. The summed E-state index contributed by atoms with van der Waals surface area (Å²) in [5, 5.41) is 0. The van der Waals surface area contributed by atoms with E-state index in [4.69, 9.17) is 0 Å². The van der Waals surface area contributed by atoms with E-state index in [1.807, 2.05) is 0 Å². The van der Waals surface area contributed by atoms with Crippen LogP contribution in [-0.2, 0) is 19.3 Å². The molecule has 33 heavy (non-hydrogen) atoms. The third-order valence-electron chi connectivity index (χ3n) is 7.07. The Labute approximate surface area is 207 Å². The van der Waals surface area contributed by atoms with Crippen LogP contribution in [0.25, 0.3) is 0 Å². The van der Waals surface area contributed by atoms with Crippen LogP contribution in [0.3, 0.4) is 0 Å². The molecule has 0 aliphatic heterocycles. The van der Waals surface area contributed by atoms with Crippen molar-refractivity contribution in [2.45, 2.75) is 139 Å². The molecule has 0 radical (unpaired) electrons. The third kappa shape index (κ3) is 10.5. The summed E-state index contributed by atoms with van der Waals surface area (Å²) in [5.41, 5.74) is 4.53. The number of hydrogen-bond acceptors (Lipinski definition) is 3. The zero-order valence-corrected chi connectivity index (χ0v) is 24.3. The summed E-state index contributed by atoms with van der Waals surface area (Å²) in [4.78, 5) is 7.85. The second kappa shape index (κ2) is 14.5. The molecule has 0 saturated heterocycles. The molecule has 1 aromatic carbocycles. The second-order valence-corrected chi connectivity index (χ2v) is 11.7. The molecule has 3 nitrogen and oxygen atoms in total. The van der Waals surface area contributed by atoms with Gasteiger partial charge < -0.3 is 0 Å². The van der Waals surface area contributed by atoms with Crippen molar-refractivity contribution in [3.05, 3.63) is 34.9 Å². The molecule has 0 unspecified atom stereocenters. The minimum absolute atomic E-state index is 0.587. The van der Waals surface area contributed by atoms with E-state index < -0.39 is 0 Å². The fourth-order valence-corrected chi connectivity index (χ4v) is 5.39. The lowest BCUT2D eigenvalue weighted by Gasteiger charge is -2.31. The zero-order valence-electron chi connectivity index (χ0n) is 24.3. The highest BCUT2D eigenvalue weighted by atomic mass is 15.2. The van der Waals surface area contributed by atoms with Crippen molar-refractivity contribution in [3.8, 4) is 0 Å². The van der Waals surface area contributed by atoms with Gasteiger partial charge in [-0.1, -0.05) is 18.2 Å². The zero-order chi connectivity index (χ0) is 25.3. The van der Waals surface area contributed by atoms with Crippen LogP contribution < -0.4 is 0 Å². The monoisotopic (exact) mass is 459 g/mol.